The van der Waals surface area contributed by atoms with Gasteiger partial charge in [0, 0.05) is 11.6 Å². The standard InChI is InChI=1S/C9H12F2N2.ClH/c10-7-3-1-2-6(9(7)11)8(13)4-5-12;/h1-3,8H,4-5,12-13H2;1H/t8-;/m0./s1. The predicted molar refractivity (Wildman–Crippen MR) is 54.2 cm³/mol. The Bertz CT molecular complexity index is 294. The molecule has 1 aromatic rings. The minimum atomic E-state index is -0.872. The van der Waals surface area contributed by atoms with Crippen LogP contribution >= 0.6 is 12.4 Å². The zero-order chi connectivity index (χ0) is 9.84. The zero-order valence-corrected chi connectivity index (χ0v) is 8.36. The van der Waals surface area contributed by atoms with E-state index < -0.39 is 17.7 Å². The molecule has 1 atom stereocenters. The SMILES string of the molecule is Cl.NCC[C@H](N)c1cccc(F)c1F. The van der Waals surface area contributed by atoms with Crippen LogP contribution < -0.4 is 11.5 Å². The monoisotopic (exact) mass is 222 g/mol. The number of hydrogen-bond donors (Lipinski definition) is 2. The molecule has 14 heavy (non-hydrogen) atoms. The second kappa shape index (κ2) is 5.90. The summed E-state index contributed by atoms with van der Waals surface area (Å²) in [5.74, 6) is -1.74. The van der Waals surface area contributed by atoms with E-state index in [1.165, 1.54) is 12.1 Å². The van der Waals surface area contributed by atoms with Crippen molar-refractivity contribution in [1.82, 2.24) is 0 Å². The molecule has 0 saturated carbocycles. The summed E-state index contributed by atoms with van der Waals surface area (Å²) in [4.78, 5) is 0. The van der Waals surface area contributed by atoms with Crippen molar-refractivity contribution in [2.75, 3.05) is 6.54 Å². The van der Waals surface area contributed by atoms with Crippen LogP contribution in [0.15, 0.2) is 18.2 Å². The van der Waals surface area contributed by atoms with Crippen LogP contribution in [0.1, 0.15) is 18.0 Å². The molecule has 0 radical (unpaired) electrons. The van der Waals surface area contributed by atoms with Gasteiger partial charge >= 0.3 is 0 Å². The van der Waals surface area contributed by atoms with E-state index in [1.54, 1.807) is 0 Å². The lowest BCUT2D eigenvalue weighted by molar-refractivity contribution is 0.484. The zero-order valence-electron chi connectivity index (χ0n) is 7.54. The molecule has 4 N–H and O–H groups in total. The van der Waals surface area contributed by atoms with Crippen LogP contribution in [0.3, 0.4) is 0 Å². The number of rotatable bonds is 3. The molecule has 1 rings (SSSR count). The van der Waals surface area contributed by atoms with Crippen molar-refractivity contribution >= 4 is 12.4 Å². The summed E-state index contributed by atoms with van der Waals surface area (Å²) < 4.78 is 25.8. The molecule has 0 heterocycles. The summed E-state index contributed by atoms with van der Waals surface area (Å²) in [7, 11) is 0. The Labute approximate surface area is 87.7 Å². The largest absolute Gasteiger partial charge is 0.330 e. The van der Waals surface area contributed by atoms with Crippen LogP contribution in [0.5, 0.6) is 0 Å². The van der Waals surface area contributed by atoms with Crippen molar-refractivity contribution in [1.29, 1.82) is 0 Å². The molecule has 0 bridgehead atoms. The summed E-state index contributed by atoms with van der Waals surface area (Å²) in [5, 5.41) is 0. The first-order valence-electron chi connectivity index (χ1n) is 4.06. The number of halogens is 3. The lowest BCUT2D eigenvalue weighted by Crippen LogP contribution is -2.17. The highest BCUT2D eigenvalue weighted by atomic mass is 35.5. The van der Waals surface area contributed by atoms with Gasteiger partial charge in [-0.15, -0.1) is 12.4 Å². The molecule has 1 aromatic carbocycles. The summed E-state index contributed by atoms with van der Waals surface area (Å²) in [6, 6.07) is 3.44. The lowest BCUT2D eigenvalue weighted by Gasteiger charge is -2.11. The van der Waals surface area contributed by atoms with Crippen molar-refractivity contribution in [3.63, 3.8) is 0 Å². The predicted octanol–water partition coefficient (Wildman–Crippen LogP) is 1.74. The van der Waals surface area contributed by atoms with Gasteiger partial charge in [0.25, 0.3) is 0 Å². The Kier molecular flexibility index (Phi) is 5.60. The Morgan fingerprint density at radius 1 is 1.29 bits per heavy atom. The third-order valence-corrected chi connectivity index (χ3v) is 1.86. The molecule has 0 aliphatic heterocycles. The molecule has 0 unspecified atom stereocenters. The highest BCUT2D eigenvalue weighted by Crippen LogP contribution is 2.19. The average molecular weight is 223 g/mol. The third kappa shape index (κ3) is 2.90. The maximum Gasteiger partial charge on any atom is 0.163 e. The summed E-state index contributed by atoms with van der Waals surface area (Å²) in [5.41, 5.74) is 11.0. The van der Waals surface area contributed by atoms with Crippen molar-refractivity contribution in [3.05, 3.63) is 35.4 Å². The van der Waals surface area contributed by atoms with Gasteiger partial charge in [0.2, 0.25) is 0 Å². The first-order valence-corrected chi connectivity index (χ1v) is 4.06. The Morgan fingerprint density at radius 2 is 1.93 bits per heavy atom. The fourth-order valence-electron chi connectivity index (χ4n) is 1.14. The van der Waals surface area contributed by atoms with Crippen LogP contribution in [0, 0.1) is 11.6 Å². The van der Waals surface area contributed by atoms with E-state index in [0.29, 0.717) is 13.0 Å². The number of hydrogen-bond acceptors (Lipinski definition) is 2. The third-order valence-electron chi connectivity index (χ3n) is 1.86. The molecule has 2 nitrogen and oxygen atoms in total. The maximum absolute atomic E-state index is 13.1. The smallest absolute Gasteiger partial charge is 0.163 e. The molecule has 0 amide bonds. The van der Waals surface area contributed by atoms with Crippen molar-refractivity contribution in [2.24, 2.45) is 11.5 Å². The summed E-state index contributed by atoms with van der Waals surface area (Å²) in [6.45, 7) is 0.358. The van der Waals surface area contributed by atoms with Gasteiger partial charge in [-0.05, 0) is 19.0 Å². The van der Waals surface area contributed by atoms with Crippen LogP contribution in [-0.4, -0.2) is 6.54 Å². The molecule has 0 aromatic heterocycles. The minimum absolute atomic E-state index is 0. The fraction of sp³-hybridized carbons (Fsp3) is 0.333. The molecule has 0 aliphatic carbocycles. The van der Waals surface area contributed by atoms with Crippen LogP contribution in [-0.2, 0) is 0 Å². The van der Waals surface area contributed by atoms with Gasteiger partial charge in [-0.25, -0.2) is 8.78 Å². The van der Waals surface area contributed by atoms with Crippen molar-refractivity contribution < 1.29 is 8.78 Å². The van der Waals surface area contributed by atoms with Gasteiger partial charge in [-0.2, -0.15) is 0 Å². The van der Waals surface area contributed by atoms with E-state index in [1.807, 2.05) is 0 Å². The molecule has 0 saturated heterocycles. The van der Waals surface area contributed by atoms with Gasteiger partial charge < -0.3 is 11.5 Å². The van der Waals surface area contributed by atoms with Crippen molar-refractivity contribution in [3.8, 4) is 0 Å². The van der Waals surface area contributed by atoms with E-state index in [-0.39, 0.29) is 18.0 Å². The van der Waals surface area contributed by atoms with Gasteiger partial charge in [-0.3, -0.25) is 0 Å². The molecule has 0 fully saturated rings. The molecule has 80 valence electrons. The quantitative estimate of drug-likeness (QED) is 0.819. The molecular formula is C9H13ClF2N2. The van der Waals surface area contributed by atoms with Gasteiger partial charge in [-0.1, -0.05) is 12.1 Å². The van der Waals surface area contributed by atoms with Crippen LogP contribution in [0.2, 0.25) is 0 Å². The maximum atomic E-state index is 13.1. The summed E-state index contributed by atoms with van der Waals surface area (Å²) >= 11 is 0. The number of benzene rings is 1. The lowest BCUT2D eigenvalue weighted by atomic mass is 10.0. The Morgan fingerprint density at radius 3 is 2.50 bits per heavy atom. The Hall–Kier alpha value is -0.710. The van der Waals surface area contributed by atoms with E-state index >= 15 is 0 Å². The molecule has 0 spiro atoms. The van der Waals surface area contributed by atoms with Crippen molar-refractivity contribution in [2.45, 2.75) is 12.5 Å². The second-order valence-electron chi connectivity index (χ2n) is 2.83. The van der Waals surface area contributed by atoms with E-state index in [0.717, 1.165) is 6.07 Å². The van der Waals surface area contributed by atoms with Crippen LogP contribution in [0.25, 0.3) is 0 Å². The highest BCUT2D eigenvalue weighted by Gasteiger charge is 2.13. The van der Waals surface area contributed by atoms with E-state index in [9.17, 15) is 8.78 Å². The fourth-order valence-corrected chi connectivity index (χ4v) is 1.14. The van der Waals surface area contributed by atoms with Gasteiger partial charge in [0.15, 0.2) is 11.6 Å². The van der Waals surface area contributed by atoms with E-state index in [2.05, 4.69) is 0 Å². The van der Waals surface area contributed by atoms with Gasteiger partial charge in [0.1, 0.15) is 0 Å². The second-order valence-corrected chi connectivity index (χ2v) is 2.83. The Balaban J connectivity index is 0.00000169. The highest BCUT2D eigenvalue weighted by molar-refractivity contribution is 5.85. The topological polar surface area (TPSA) is 52.0 Å². The van der Waals surface area contributed by atoms with Crippen LogP contribution in [0.4, 0.5) is 8.78 Å². The van der Waals surface area contributed by atoms with Gasteiger partial charge in [0.05, 0.1) is 0 Å². The molecule has 5 heteroatoms. The minimum Gasteiger partial charge on any atom is -0.330 e. The first kappa shape index (κ1) is 13.3. The molecular weight excluding hydrogens is 210 g/mol. The van der Waals surface area contributed by atoms with E-state index in [4.69, 9.17) is 11.5 Å². The summed E-state index contributed by atoms with van der Waals surface area (Å²) in [6.07, 6.45) is 0.445. The molecule has 0 aliphatic rings. The normalized spacial score (nSPS) is 12.0. The number of nitrogens with two attached hydrogens (primary N) is 2. The average Bonchev–Trinajstić information content (AvgIpc) is 2.10. The first-order chi connectivity index (χ1) is 6.16.